The fourth-order valence-electron chi connectivity index (χ4n) is 2.89. The van der Waals surface area contributed by atoms with E-state index in [9.17, 15) is 4.79 Å². The number of carbonyl (C=O) groups is 1. The van der Waals surface area contributed by atoms with Crippen LogP contribution in [0.1, 0.15) is 38.3 Å². The van der Waals surface area contributed by atoms with Gasteiger partial charge in [0.25, 0.3) is 0 Å². The summed E-state index contributed by atoms with van der Waals surface area (Å²) in [7, 11) is 0. The van der Waals surface area contributed by atoms with E-state index in [0.717, 1.165) is 26.1 Å². The van der Waals surface area contributed by atoms with Crippen LogP contribution in [0.2, 0.25) is 0 Å². The molecular weight excluding hydrogens is 278 g/mol. The number of benzene rings is 1. The summed E-state index contributed by atoms with van der Waals surface area (Å²) in [5.74, 6) is 0. The summed E-state index contributed by atoms with van der Waals surface area (Å²) in [6, 6.07) is 10.5. The lowest BCUT2D eigenvalue weighted by Crippen LogP contribution is -2.58. The molecule has 5 heteroatoms. The quantitative estimate of drug-likeness (QED) is 0.755. The summed E-state index contributed by atoms with van der Waals surface area (Å²) >= 11 is 0. The second kappa shape index (κ2) is 8.15. The summed E-state index contributed by atoms with van der Waals surface area (Å²) in [4.78, 5) is 11.7. The Morgan fingerprint density at radius 3 is 2.55 bits per heavy atom. The van der Waals surface area contributed by atoms with Crippen LogP contribution in [0.15, 0.2) is 30.3 Å². The van der Waals surface area contributed by atoms with Gasteiger partial charge in [0.15, 0.2) is 0 Å². The van der Waals surface area contributed by atoms with Gasteiger partial charge >= 0.3 is 6.03 Å². The van der Waals surface area contributed by atoms with E-state index >= 15 is 0 Å². The molecule has 1 fully saturated rings. The van der Waals surface area contributed by atoms with Crippen LogP contribution in [0.3, 0.4) is 0 Å². The molecule has 0 bridgehead atoms. The van der Waals surface area contributed by atoms with Crippen LogP contribution in [0.25, 0.3) is 0 Å². The third kappa shape index (κ3) is 4.71. The fourth-order valence-corrected chi connectivity index (χ4v) is 2.89. The van der Waals surface area contributed by atoms with E-state index in [0.29, 0.717) is 13.1 Å². The number of hydrogen-bond acceptors (Lipinski definition) is 3. The highest BCUT2D eigenvalue weighted by Crippen LogP contribution is 2.24. The first-order chi connectivity index (χ1) is 10.7. The van der Waals surface area contributed by atoms with Gasteiger partial charge in [0.2, 0.25) is 0 Å². The van der Waals surface area contributed by atoms with Crippen LogP contribution in [0, 0.1) is 0 Å². The molecular formula is C17H27N3O2. The molecule has 0 spiro atoms. The van der Waals surface area contributed by atoms with Crippen molar-refractivity contribution in [1.29, 1.82) is 0 Å². The van der Waals surface area contributed by atoms with Crippen LogP contribution in [-0.2, 0) is 4.74 Å². The molecule has 3 N–H and O–H groups in total. The number of carbonyl (C=O) groups excluding carboxylic acids is 1. The molecule has 5 nitrogen and oxygen atoms in total. The van der Waals surface area contributed by atoms with Gasteiger partial charge in [-0.15, -0.1) is 0 Å². The zero-order valence-corrected chi connectivity index (χ0v) is 13.5. The number of nitrogens with one attached hydrogen (secondary N) is 3. The molecule has 2 rings (SSSR count). The Morgan fingerprint density at radius 1 is 1.23 bits per heavy atom. The molecule has 1 aliphatic heterocycles. The summed E-state index contributed by atoms with van der Waals surface area (Å²) in [5.41, 5.74) is 1.14. The first kappa shape index (κ1) is 16.8. The summed E-state index contributed by atoms with van der Waals surface area (Å²) in [6.45, 7) is 6.78. The van der Waals surface area contributed by atoms with Crippen molar-refractivity contribution >= 4 is 6.03 Å². The van der Waals surface area contributed by atoms with Gasteiger partial charge in [-0.25, -0.2) is 4.79 Å². The number of urea groups is 1. The largest absolute Gasteiger partial charge is 0.381 e. The van der Waals surface area contributed by atoms with Crippen LogP contribution >= 0.6 is 0 Å². The standard InChI is InChI=1S/C17H27N3O2/c1-3-18-16(21)19-13-17(9-11-22-12-10-17)20-14(2)15-7-5-4-6-8-15/h4-8,14,20H,3,9-13H2,1-2H3,(H2,18,19,21)/t14-/m1/s1. The molecule has 1 heterocycles. The van der Waals surface area contributed by atoms with Gasteiger partial charge in [-0.1, -0.05) is 30.3 Å². The Labute approximate surface area is 132 Å². The number of hydrogen-bond donors (Lipinski definition) is 3. The molecule has 122 valence electrons. The van der Waals surface area contributed by atoms with Crippen LogP contribution in [-0.4, -0.2) is 37.9 Å². The fraction of sp³-hybridized carbons (Fsp3) is 0.588. The van der Waals surface area contributed by atoms with E-state index in [1.165, 1.54) is 5.56 Å². The number of amides is 2. The highest BCUT2D eigenvalue weighted by atomic mass is 16.5. The molecule has 1 atom stereocenters. The van der Waals surface area contributed by atoms with E-state index in [1.54, 1.807) is 0 Å². The van der Waals surface area contributed by atoms with E-state index in [-0.39, 0.29) is 17.6 Å². The van der Waals surface area contributed by atoms with Gasteiger partial charge in [0.1, 0.15) is 0 Å². The predicted octanol–water partition coefficient (Wildman–Crippen LogP) is 2.21. The summed E-state index contributed by atoms with van der Waals surface area (Å²) < 4.78 is 5.50. The van der Waals surface area contributed by atoms with Gasteiger partial charge in [-0.2, -0.15) is 0 Å². The monoisotopic (exact) mass is 305 g/mol. The molecule has 1 saturated heterocycles. The Kier molecular flexibility index (Phi) is 6.21. The topological polar surface area (TPSA) is 62.4 Å². The Morgan fingerprint density at radius 2 is 1.91 bits per heavy atom. The van der Waals surface area contributed by atoms with Crippen LogP contribution in [0.4, 0.5) is 4.79 Å². The second-order valence-corrected chi connectivity index (χ2v) is 5.88. The molecule has 1 aromatic rings. The van der Waals surface area contributed by atoms with E-state index in [4.69, 9.17) is 4.74 Å². The minimum atomic E-state index is -0.113. The van der Waals surface area contributed by atoms with Gasteiger partial charge in [0.05, 0.1) is 0 Å². The first-order valence-electron chi connectivity index (χ1n) is 8.07. The summed E-state index contributed by atoms with van der Waals surface area (Å²) in [5, 5.41) is 9.48. The lowest BCUT2D eigenvalue weighted by Gasteiger charge is -2.40. The van der Waals surface area contributed by atoms with E-state index < -0.39 is 0 Å². The van der Waals surface area contributed by atoms with Crippen molar-refractivity contribution in [3.05, 3.63) is 35.9 Å². The van der Waals surface area contributed by atoms with E-state index in [2.05, 4.69) is 47.1 Å². The van der Waals surface area contributed by atoms with Crippen molar-refractivity contribution in [2.24, 2.45) is 0 Å². The molecule has 0 aliphatic carbocycles. The summed E-state index contributed by atoms with van der Waals surface area (Å²) in [6.07, 6.45) is 1.80. The van der Waals surface area contributed by atoms with Crippen LogP contribution in [0.5, 0.6) is 0 Å². The van der Waals surface area contributed by atoms with Crippen molar-refractivity contribution in [2.45, 2.75) is 38.3 Å². The maximum Gasteiger partial charge on any atom is 0.314 e. The molecule has 0 radical (unpaired) electrons. The maximum absolute atomic E-state index is 11.7. The molecule has 1 aromatic carbocycles. The SMILES string of the molecule is CCNC(=O)NCC1(N[C@H](C)c2ccccc2)CCOCC1. The Hall–Kier alpha value is -1.59. The lowest BCUT2D eigenvalue weighted by atomic mass is 9.88. The van der Waals surface area contributed by atoms with Crippen molar-refractivity contribution in [2.75, 3.05) is 26.3 Å². The predicted molar refractivity (Wildman–Crippen MR) is 87.9 cm³/mol. The van der Waals surface area contributed by atoms with Crippen molar-refractivity contribution in [3.63, 3.8) is 0 Å². The molecule has 0 saturated carbocycles. The van der Waals surface area contributed by atoms with Crippen molar-refractivity contribution < 1.29 is 9.53 Å². The van der Waals surface area contributed by atoms with Crippen molar-refractivity contribution in [1.82, 2.24) is 16.0 Å². The highest BCUT2D eigenvalue weighted by molar-refractivity contribution is 5.73. The average molecular weight is 305 g/mol. The van der Waals surface area contributed by atoms with E-state index in [1.807, 2.05) is 13.0 Å². The van der Waals surface area contributed by atoms with Crippen LogP contribution < -0.4 is 16.0 Å². The number of rotatable bonds is 6. The average Bonchev–Trinajstić information content (AvgIpc) is 2.55. The Balaban J connectivity index is 2.00. The molecule has 0 aromatic heterocycles. The third-order valence-electron chi connectivity index (χ3n) is 4.20. The molecule has 1 aliphatic rings. The number of ether oxygens (including phenoxy) is 1. The second-order valence-electron chi connectivity index (χ2n) is 5.88. The lowest BCUT2D eigenvalue weighted by molar-refractivity contribution is 0.0347. The highest BCUT2D eigenvalue weighted by Gasteiger charge is 2.34. The zero-order chi connectivity index (χ0) is 15.8. The smallest absolute Gasteiger partial charge is 0.314 e. The van der Waals surface area contributed by atoms with Gasteiger partial charge in [-0.05, 0) is 32.3 Å². The first-order valence-corrected chi connectivity index (χ1v) is 8.07. The van der Waals surface area contributed by atoms with Gasteiger partial charge < -0.3 is 20.7 Å². The van der Waals surface area contributed by atoms with Gasteiger partial charge in [-0.3, -0.25) is 0 Å². The minimum absolute atomic E-state index is 0.109. The van der Waals surface area contributed by atoms with Gasteiger partial charge in [0, 0.05) is 37.9 Å². The normalized spacial score (nSPS) is 18.5. The maximum atomic E-state index is 11.7. The zero-order valence-electron chi connectivity index (χ0n) is 13.5. The third-order valence-corrected chi connectivity index (χ3v) is 4.20. The molecule has 2 amide bonds. The minimum Gasteiger partial charge on any atom is -0.381 e. The Bertz CT molecular complexity index is 458. The van der Waals surface area contributed by atoms with Crippen molar-refractivity contribution in [3.8, 4) is 0 Å². The molecule has 22 heavy (non-hydrogen) atoms. The molecule has 0 unspecified atom stereocenters.